The first kappa shape index (κ1) is 16.5. The van der Waals surface area contributed by atoms with E-state index in [4.69, 9.17) is 0 Å². The molecule has 0 bridgehead atoms. The first-order valence-corrected chi connectivity index (χ1v) is 9.32. The second kappa shape index (κ2) is 7.10. The molecule has 0 amide bonds. The molecule has 2 aliphatic rings. The smallest absolute Gasteiger partial charge is 0.299 e. The van der Waals surface area contributed by atoms with Crippen molar-refractivity contribution in [1.82, 2.24) is 14.8 Å². The van der Waals surface area contributed by atoms with Crippen LogP contribution in [0.25, 0.3) is 11.4 Å². The molecule has 134 valence electrons. The van der Waals surface area contributed by atoms with E-state index in [1.165, 1.54) is 24.9 Å². The van der Waals surface area contributed by atoms with Crippen molar-refractivity contribution in [1.29, 1.82) is 0 Å². The van der Waals surface area contributed by atoms with Gasteiger partial charge >= 0.3 is 0 Å². The Morgan fingerprint density at radius 3 is 2.24 bits per heavy atom. The molecule has 0 radical (unpaired) electrons. The lowest BCUT2D eigenvalue weighted by atomic mass is 10.1. The van der Waals surface area contributed by atoms with Gasteiger partial charge in [0.05, 0.1) is 6.04 Å². The molecule has 1 aliphatic heterocycles. The maximum atomic E-state index is 13.1. The zero-order chi connectivity index (χ0) is 17.2. The molecule has 1 aromatic carbocycles. The summed E-state index contributed by atoms with van der Waals surface area (Å²) < 4.78 is 28.0. The van der Waals surface area contributed by atoms with E-state index in [1.54, 1.807) is 4.68 Å². The Kier molecular flexibility index (Phi) is 4.68. The summed E-state index contributed by atoms with van der Waals surface area (Å²) in [6.45, 7) is 2.18. The second-order valence-corrected chi connectivity index (χ2v) is 7.07. The number of hydrogen-bond donors (Lipinski definition) is 0. The first-order valence-electron chi connectivity index (χ1n) is 9.32. The molecule has 4 rings (SSSR count). The van der Waals surface area contributed by atoms with Gasteiger partial charge in [-0.25, -0.2) is 18.4 Å². The van der Waals surface area contributed by atoms with Gasteiger partial charge in [0.1, 0.15) is 0 Å². The van der Waals surface area contributed by atoms with Crippen LogP contribution in [-0.4, -0.2) is 27.9 Å². The van der Waals surface area contributed by atoms with Crippen molar-refractivity contribution in [2.75, 3.05) is 18.0 Å². The van der Waals surface area contributed by atoms with Crippen molar-refractivity contribution in [2.45, 2.75) is 57.4 Å². The summed E-state index contributed by atoms with van der Waals surface area (Å²) in [5, 5.41) is 4.13. The fourth-order valence-corrected chi connectivity index (χ4v) is 4.01. The lowest BCUT2D eigenvalue weighted by Crippen LogP contribution is -2.29. The summed E-state index contributed by atoms with van der Waals surface area (Å²) >= 11 is 0. The molecule has 0 atom stereocenters. The summed E-state index contributed by atoms with van der Waals surface area (Å²) in [6, 6.07) is 8.34. The molecule has 4 nitrogen and oxygen atoms in total. The highest BCUT2D eigenvalue weighted by Crippen LogP contribution is 2.34. The number of piperidine rings is 1. The van der Waals surface area contributed by atoms with Gasteiger partial charge in [-0.1, -0.05) is 12.8 Å². The number of rotatable bonds is 4. The molecule has 25 heavy (non-hydrogen) atoms. The van der Waals surface area contributed by atoms with E-state index in [-0.39, 0.29) is 11.9 Å². The molecular weight excluding hydrogens is 322 g/mol. The minimum atomic E-state index is -2.63. The van der Waals surface area contributed by atoms with E-state index in [1.807, 2.05) is 12.1 Å². The average molecular weight is 346 g/mol. The molecule has 1 saturated carbocycles. The van der Waals surface area contributed by atoms with Gasteiger partial charge in [0.2, 0.25) is 5.82 Å². The Bertz CT molecular complexity index is 699. The molecule has 1 aromatic heterocycles. The Morgan fingerprint density at radius 2 is 1.60 bits per heavy atom. The minimum absolute atomic E-state index is 0.191. The second-order valence-electron chi connectivity index (χ2n) is 7.07. The van der Waals surface area contributed by atoms with Crippen LogP contribution < -0.4 is 4.90 Å². The van der Waals surface area contributed by atoms with Gasteiger partial charge in [0.25, 0.3) is 6.43 Å². The molecule has 2 heterocycles. The van der Waals surface area contributed by atoms with Crippen molar-refractivity contribution in [3.05, 3.63) is 30.1 Å². The topological polar surface area (TPSA) is 34.0 Å². The third kappa shape index (κ3) is 3.39. The summed E-state index contributed by atoms with van der Waals surface area (Å²) in [5.41, 5.74) is 2.07. The monoisotopic (exact) mass is 346 g/mol. The zero-order valence-corrected chi connectivity index (χ0v) is 14.4. The quantitative estimate of drug-likeness (QED) is 0.782. The summed E-state index contributed by atoms with van der Waals surface area (Å²) in [6.07, 6.45) is 5.37. The number of halogens is 2. The summed E-state index contributed by atoms with van der Waals surface area (Å²) in [7, 11) is 0. The number of benzene rings is 1. The van der Waals surface area contributed by atoms with Crippen LogP contribution in [0.5, 0.6) is 0 Å². The highest BCUT2D eigenvalue weighted by atomic mass is 19.3. The Morgan fingerprint density at radius 1 is 0.920 bits per heavy atom. The van der Waals surface area contributed by atoms with E-state index >= 15 is 0 Å². The standard InChI is InChI=1S/C19H24F2N4/c20-17(21)18-22-19(25(23-18)16-6-2-3-7-16)14-8-10-15(11-9-14)24-12-4-1-5-13-24/h8-11,16-17H,1-7,12-13H2. The highest BCUT2D eigenvalue weighted by molar-refractivity contribution is 5.61. The van der Waals surface area contributed by atoms with Crippen LogP contribution >= 0.6 is 0 Å². The summed E-state index contributed by atoms with van der Waals surface area (Å²) in [5.74, 6) is 0.217. The SMILES string of the molecule is FC(F)c1nc(-c2ccc(N3CCCCC3)cc2)n(C2CCCC2)n1. The molecule has 2 aromatic rings. The van der Waals surface area contributed by atoms with Crippen molar-refractivity contribution >= 4 is 5.69 Å². The van der Waals surface area contributed by atoms with E-state index in [2.05, 4.69) is 27.1 Å². The van der Waals surface area contributed by atoms with Crippen LogP contribution in [0.2, 0.25) is 0 Å². The van der Waals surface area contributed by atoms with Crippen molar-refractivity contribution in [2.24, 2.45) is 0 Å². The van der Waals surface area contributed by atoms with Crippen LogP contribution in [0.4, 0.5) is 14.5 Å². The van der Waals surface area contributed by atoms with Crippen LogP contribution in [-0.2, 0) is 0 Å². The average Bonchev–Trinajstić information content (AvgIpc) is 3.32. The third-order valence-corrected chi connectivity index (χ3v) is 5.36. The normalized spacial score (nSPS) is 19.1. The highest BCUT2D eigenvalue weighted by Gasteiger charge is 2.25. The molecule has 1 aliphatic carbocycles. The van der Waals surface area contributed by atoms with Crippen LogP contribution in [0.15, 0.2) is 24.3 Å². The number of alkyl halides is 2. The van der Waals surface area contributed by atoms with Crippen LogP contribution in [0.1, 0.15) is 63.2 Å². The largest absolute Gasteiger partial charge is 0.372 e. The molecule has 1 saturated heterocycles. The lowest BCUT2D eigenvalue weighted by molar-refractivity contribution is 0.139. The maximum Gasteiger partial charge on any atom is 0.299 e. The number of aromatic nitrogens is 3. The molecule has 6 heteroatoms. The van der Waals surface area contributed by atoms with Crippen molar-refractivity contribution < 1.29 is 8.78 Å². The molecule has 0 unspecified atom stereocenters. The van der Waals surface area contributed by atoms with Crippen LogP contribution in [0, 0.1) is 0 Å². The number of hydrogen-bond acceptors (Lipinski definition) is 3. The predicted molar refractivity (Wildman–Crippen MR) is 94.0 cm³/mol. The molecular formula is C19H24F2N4. The fourth-order valence-electron chi connectivity index (χ4n) is 4.01. The van der Waals surface area contributed by atoms with Gasteiger partial charge in [-0.15, -0.1) is 5.10 Å². The maximum absolute atomic E-state index is 13.1. The third-order valence-electron chi connectivity index (χ3n) is 5.36. The fraction of sp³-hybridized carbons (Fsp3) is 0.579. The minimum Gasteiger partial charge on any atom is -0.372 e. The first-order chi connectivity index (χ1) is 12.2. The van der Waals surface area contributed by atoms with E-state index in [0.717, 1.165) is 44.3 Å². The van der Waals surface area contributed by atoms with Gasteiger partial charge in [-0.3, -0.25) is 0 Å². The van der Waals surface area contributed by atoms with Gasteiger partial charge in [-0.2, -0.15) is 0 Å². The molecule has 2 fully saturated rings. The summed E-state index contributed by atoms with van der Waals surface area (Å²) in [4.78, 5) is 6.54. The Labute approximate surface area is 146 Å². The lowest BCUT2D eigenvalue weighted by Gasteiger charge is -2.28. The van der Waals surface area contributed by atoms with Crippen molar-refractivity contribution in [3.63, 3.8) is 0 Å². The van der Waals surface area contributed by atoms with Gasteiger partial charge in [0, 0.05) is 24.3 Å². The predicted octanol–water partition coefficient (Wildman–Crippen LogP) is 4.99. The van der Waals surface area contributed by atoms with E-state index in [0.29, 0.717) is 5.82 Å². The van der Waals surface area contributed by atoms with E-state index < -0.39 is 6.43 Å². The van der Waals surface area contributed by atoms with E-state index in [9.17, 15) is 8.78 Å². The Balaban J connectivity index is 1.63. The van der Waals surface area contributed by atoms with Gasteiger partial charge in [0.15, 0.2) is 5.82 Å². The van der Waals surface area contributed by atoms with Gasteiger partial charge < -0.3 is 4.90 Å². The number of nitrogens with zero attached hydrogens (tertiary/aromatic N) is 4. The number of anilines is 1. The van der Waals surface area contributed by atoms with Gasteiger partial charge in [-0.05, 0) is 56.4 Å². The van der Waals surface area contributed by atoms with Crippen molar-refractivity contribution in [3.8, 4) is 11.4 Å². The zero-order valence-electron chi connectivity index (χ0n) is 14.4. The van der Waals surface area contributed by atoms with Crippen LogP contribution in [0.3, 0.4) is 0 Å². The molecule has 0 N–H and O–H groups in total. The Hall–Kier alpha value is -1.98. The molecule has 0 spiro atoms.